The summed E-state index contributed by atoms with van der Waals surface area (Å²) in [6.07, 6.45) is 2.67. The summed E-state index contributed by atoms with van der Waals surface area (Å²) in [6.45, 7) is 2.85. The molecule has 0 atom stereocenters. The van der Waals surface area contributed by atoms with Crippen molar-refractivity contribution in [2.24, 2.45) is 5.73 Å². The predicted molar refractivity (Wildman–Crippen MR) is 83.5 cm³/mol. The van der Waals surface area contributed by atoms with E-state index in [1.165, 1.54) is 5.56 Å². The van der Waals surface area contributed by atoms with Crippen LogP contribution in [0.3, 0.4) is 0 Å². The molecule has 3 N–H and O–H groups in total. The van der Waals surface area contributed by atoms with Gasteiger partial charge in [-0.15, -0.1) is 0 Å². The van der Waals surface area contributed by atoms with Crippen LogP contribution in [-0.4, -0.2) is 16.5 Å². The first-order valence-electron chi connectivity index (χ1n) is 6.21. The minimum absolute atomic E-state index is 0.417. The Morgan fingerprint density at radius 3 is 2.84 bits per heavy atom. The standard InChI is InChI=1S/C15H17N3S/c1-11-5-6-13(15(16)19)14(10-11)18-9-7-12-4-2-3-8-17-12/h2-6,8,10,18H,7,9H2,1H3,(H2,16,19). The van der Waals surface area contributed by atoms with Crippen LogP contribution in [0.25, 0.3) is 0 Å². The topological polar surface area (TPSA) is 50.9 Å². The van der Waals surface area contributed by atoms with Gasteiger partial charge in [-0.05, 0) is 36.8 Å². The fourth-order valence-electron chi connectivity index (χ4n) is 1.89. The second-order valence-corrected chi connectivity index (χ2v) is 4.85. The number of nitrogens with zero attached hydrogens (tertiary/aromatic N) is 1. The van der Waals surface area contributed by atoms with Crippen LogP contribution in [-0.2, 0) is 6.42 Å². The minimum atomic E-state index is 0.417. The van der Waals surface area contributed by atoms with E-state index in [0.717, 1.165) is 29.9 Å². The van der Waals surface area contributed by atoms with E-state index in [9.17, 15) is 0 Å². The van der Waals surface area contributed by atoms with E-state index >= 15 is 0 Å². The van der Waals surface area contributed by atoms with Crippen molar-refractivity contribution in [3.63, 3.8) is 0 Å². The van der Waals surface area contributed by atoms with Crippen LogP contribution in [0.2, 0.25) is 0 Å². The van der Waals surface area contributed by atoms with Gasteiger partial charge in [0.15, 0.2) is 0 Å². The van der Waals surface area contributed by atoms with Gasteiger partial charge in [0.25, 0.3) is 0 Å². The molecule has 0 spiro atoms. The molecule has 0 aliphatic rings. The van der Waals surface area contributed by atoms with Gasteiger partial charge in [0, 0.05) is 36.1 Å². The van der Waals surface area contributed by atoms with Gasteiger partial charge in [-0.1, -0.05) is 24.4 Å². The Balaban J connectivity index is 2.03. The van der Waals surface area contributed by atoms with Gasteiger partial charge >= 0.3 is 0 Å². The molecule has 0 saturated heterocycles. The highest BCUT2D eigenvalue weighted by Gasteiger charge is 2.05. The summed E-state index contributed by atoms with van der Waals surface area (Å²) in [6, 6.07) is 12.0. The highest BCUT2D eigenvalue weighted by molar-refractivity contribution is 7.80. The lowest BCUT2D eigenvalue weighted by atomic mass is 10.1. The summed E-state index contributed by atoms with van der Waals surface area (Å²) >= 11 is 5.06. The molecule has 2 aromatic rings. The average Bonchev–Trinajstić information content (AvgIpc) is 2.39. The molecule has 1 aromatic carbocycles. The molecule has 0 aliphatic carbocycles. The Morgan fingerprint density at radius 1 is 1.32 bits per heavy atom. The van der Waals surface area contributed by atoms with Crippen molar-refractivity contribution in [3.8, 4) is 0 Å². The number of nitrogens with two attached hydrogens (primary N) is 1. The van der Waals surface area contributed by atoms with Crippen LogP contribution in [0.15, 0.2) is 42.6 Å². The third-order valence-electron chi connectivity index (χ3n) is 2.86. The number of aromatic nitrogens is 1. The Morgan fingerprint density at radius 2 is 2.16 bits per heavy atom. The van der Waals surface area contributed by atoms with Crippen molar-refractivity contribution in [3.05, 3.63) is 59.4 Å². The zero-order valence-corrected chi connectivity index (χ0v) is 11.7. The number of nitrogens with one attached hydrogen (secondary N) is 1. The molecule has 1 aromatic heterocycles. The first-order chi connectivity index (χ1) is 9.16. The van der Waals surface area contributed by atoms with Crippen molar-refractivity contribution in [1.82, 2.24) is 4.98 Å². The monoisotopic (exact) mass is 271 g/mol. The van der Waals surface area contributed by atoms with Crippen molar-refractivity contribution in [2.45, 2.75) is 13.3 Å². The largest absolute Gasteiger partial charge is 0.389 e. The van der Waals surface area contributed by atoms with E-state index in [2.05, 4.69) is 16.4 Å². The number of rotatable bonds is 5. The van der Waals surface area contributed by atoms with E-state index in [0.29, 0.717) is 4.99 Å². The second kappa shape index (κ2) is 6.29. The molecule has 3 nitrogen and oxygen atoms in total. The lowest BCUT2D eigenvalue weighted by molar-refractivity contribution is 0.961. The number of anilines is 1. The molecule has 0 unspecified atom stereocenters. The van der Waals surface area contributed by atoms with Gasteiger partial charge in [0.05, 0.1) is 0 Å². The minimum Gasteiger partial charge on any atom is -0.389 e. The predicted octanol–water partition coefficient (Wildman–Crippen LogP) is 2.68. The Hall–Kier alpha value is -1.94. The van der Waals surface area contributed by atoms with Crippen LogP contribution in [0.4, 0.5) is 5.69 Å². The van der Waals surface area contributed by atoms with Crippen molar-refractivity contribution >= 4 is 22.9 Å². The maximum atomic E-state index is 5.73. The number of benzene rings is 1. The Labute approximate surface area is 118 Å². The van der Waals surface area contributed by atoms with E-state index in [1.54, 1.807) is 0 Å². The summed E-state index contributed by atoms with van der Waals surface area (Å²) in [5.74, 6) is 0. The molecule has 0 aliphatic heterocycles. The smallest absolute Gasteiger partial charge is 0.106 e. The number of pyridine rings is 1. The summed E-state index contributed by atoms with van der Waals surface area (Å²) in [7, 11) is 0. The summed E-state index contributed by atoms with van der Waals surface area (Å²) in [5.41, 5.74) is 9.86. The van der Waals surface area contributed by atoms with Crippen LogP contribution in [0.5, 0.6) is 0 Å². The van der Waals surface area contributed by atoms with Gasteiger partial charge in [-0.2, -0.15) is 0 Å². The molecule has 2 rings (SSSR count). The fraction of sp³-hybridized carbons (Fsp3) is 0.200. The quantitative estimate of drug-likeness (QED) is 0.821. The maximum Gasteiger partial charge on any atom is 0.106 e. The van der Waals surface area contributed by atoms with E-state index in [4.69, 9.17) is 18.0 Å². The molecular weight excluding hydrogens is 254 g/mol. The lowest BCUT2D eigenvalue weighted by Crippen LogP contribution is -2.15. The number of hydrogen-bond acceptors (Lipinski definition) is 3. The van der Waals surface area contributed by atoms with Gasteiger partial charge in [-0.3, -0.25) is 4.98 Å². The van der Waals surface area contributed by atoms with Crippen molar-refractivity contribution in [1.29, 1.82) is 0 Å². The highest BCUT2D eigenvalue weighted by Crippen LogP contribution is 2.17. The van der Waals surface area contributed by atoms with Crippen LogP contribution in [0, 0.1) is 6.92 Å². The SMILES string of the molecule is Cc1ccc(C(N)=S)c(NCCc2ccccn2)c1. The molecule has 0 saturated carbocycles. The zero-order valence-electron chi connectivity index (χ0n) is 10.9. The van der Waals surface area contributed by atoms with E-state index in [1.807, 2.05) is 43.5 Å². The number of aryl methyl sites for hydroxylation is 1. The molecule has 4 heteroatoms. The molecule has 0 amide bonds. The van der Waals surface area contributed by atoms with Crippen LogP contribution < -0.4 is 11.1 Å². The number of thiocarbonyl (C=S) groups is 1. The van der Waals surface area contributed by atoms with Crippen LogP contribution >= 0.6 is 12.2 Å². The molecule has 1 heterocycles. The van der Waals surface area contributed by atoms with Gasteiger partial charge in [0.2, 0.25) is 0 Å². The fourth-order valence-corrected chi connectivity index (χ4v) is 2.07. The summed E-state index contributed by atoms with van der Waals surface area (Å²) in [5, 5.41) is 3.38. The molecular formula is C15H17N3S. The van der Waals surface area contributed by atoms with E-state index in [-0.39, 0.29) is 0 Å². The molecule has 0 fully saturated rings. The molecule has 98 valence electrons. The normalized spacial score (nSPS) is 10.2. The zero-order chi connectivity index (χ0) is 13.7. The Bertz CT molecular complexity index is 567. The summed E-state index contributed by atoms with van der Waals surface area (Å²) in [4.78, 5) is 4.71. The molecule has 0 bridgehead atoms. The number of hydrogen-bond donors (Lipinski definition) is 2. The average molecular weight is 271 g/mol. The third kappa shape index (κ3) is 3.76. The van der Waals surface area contributed by atoms with E-state index < -0.39 is 0 Å². The second-order valence-electron chi connectivity index (χ2n) is 4.41. The van der Waals surface area contributed by atoms with Gasteiger partial charge in [-0.25, -0.2) is 0 Å². The third-order valence-corrected chi connectivity index (χ3v) is 3.08. The molecule has 19 heavy (non-hydrogen) atoms. The first kappa shape index (κ1) is 13.5. The summed E-state index contributed by atoms with van der Waals surface area (Å²) < 4.78 is 0. The highest BCUT2D eigenvalue weighted by atomic mass is 32.1. The maximum absolute atomic E-state index is 5.73. The lowest BCUT2D eigenvalue weighted by Gasteiger charge is -2.12. The van der Waals surface area contributed by atoms with Crippen LogP contribution in [0.1, 0.15) is 16.8 Å². The Kier molecular flexibility index (Phi) is 4.47. The van der Waals surface area contributed by atoms with Crippen molar-refractivity contribution < 1.29 is 0 Å². The van der Waals surface area contributed by atoms with Crippen molar-refractivity contribution in [2.75, 3.05) is 11.9 Å². The van der Waals surface area contributed by atoms with Gasteiger partial charge < -0.3 is 11.1 Å². The first-order valence-corrected chi connectivity index (χ1v) is 6.62. The van der Waals surface area contributed by atoms with Gasteiger partial charge in [0.1, 0.15) is 4.99 Å². The molecule has 0 radical (unpaired) electrons.